The van der Waals surface area contributed by atoms with Gasteiger partial charge in [-0.2, -0.15) is 0 Å². The van der Waals surface area contributed by atoms with Gasteiger partial charge in [0.05, 0.1) is 11.1 Å². The zero-order chi connectivity index (χ0) is 14.3. The third kappa shape index (κ3) is 2.03. The number of carbonyl (C=O) groups is 1. The number of carboxylic acids is 1. The molecule has 0 radical (unpaired) electrons. The van der Waals surface area contributed by atoms with Gasteiger partial charge in [0.25, 0.3) is 0 Å². The summed E-state index contributed by atoms with van der Waals surface area (Å²) in [5.41, 5.74) is 4.24. The average molecular weight is 267 g/mol. The number of imidazole rings is 1. The van der Waals surface area contributed by atoms with Crippen LogP contribution in [0, 0.1) is 13.8 Å². The van der Waals surface area contributed by atoms with Crippen molar-refractivity contribution in [1.82, 2.24) is 15.0 Å². The van der Waals surface area contributed by atoms with E-state index in [-0.39, 0.29) is 5.56 Å². The fraction of sp³-hybridized carbons (Fsp3) is 0.133. The molecule has 5 nitrogen and oxygen atoms in total. The Balaban J connectivity index is 2.23. The fourth-order valence-corrected chi connectivity index (χ4v) is 2.34. The van der Waals surface area contributed by atoms with E-state index < -0.39 is 5.97 Å². The lowest BCUT2D eigenvalue weighted by Crippen LogP contribution is -1.97. The lowest BCUT2D eigenvalue weighted by molar-refractivity contribution is 0.0698. The third-order valence-corrected chi connectivity index (χ3v) is 3.12. The summed E-state index contributed by atoms with van der Waals surface area (Å²) in [7, 11) is 0. The highest BCUT2D eigenvalue weighted by molar-refractivity contribution is 6.00. The largest absolute Gasteiger partial charge is 0.478 e. The standard InChI is InChI=1S/C15H13N3O2/c1-8-5-9(2)7-10(6-8)13-17-12-11(15(19)20)3-4-16-14(12)18-13/h3-7H,1-2H3,(H,19,20)(H,16,17,18). The zero-order valence-corrected chi connectivity index (χ0v) is 11.1. The summed E-state index contributed by atoms with van der Waals surface area (Å²) in [5.74, 6) is -0.360. The summed E-state index contributed by atoms with van der Waals surface area (Å²) >= 11 is 0. The Bertz CT molecular complexity index is 801. The monoisotopic (exact) mass is 267 g/mol. The van der Waals surface area contributed by atoms with Crippen LogP contribution in [0.3, 0.4) is 0 Å². The van der Waals surface area contributed by atoms with Crippen molar-refractivity contribution in [2.75, 3.05) is 0 Å². The Hall–Kier alpha value is -2.69. The molecule has 0 saturated heterocycles. The summed E-state index contributed by atoms with van der Waals surface area (Å²) in [6, 6.07) is 7.55. The second kappa shape index (κ2) is 4.45. The van der Waals surface area contributed by atoms with Gasteiger partial charge in [-0.3, -0.25) is 0 Å². The fourth-order valence-electron chi connectivity index (χ4n) is 2.34. The molecular formula is C15H13N3O2. The van der Waals surface area contributed by atoms with E-state index in [0.717, 1.165) is 16.7 Å². The van der Waals surface area contributed by atoms with Crippen molar-refractivity contribution in [1.29, 1.82) is 0 Å². The van der Waals surface area contributed by atoms with Crippen molar-refractivity contribution in [2.45, 2.75) is 13.8 Å². The van der Waals surface area contributed by atoms with Crippen molar-refractivity contribution >= 4 is 17.1 Å². The van der Waals surface area contributed by atoms with Crippen molar-refractivity contribution in [3.8, 4) is 11.4 Å². The lowest BCUT2D eigenvalue weighted by atomic mass is 10.1. The van der Waals surface area contributed by atoms with Crippen LogP contribution in [0.4, 0.5) is 0 Å². The molecule has 2 aromatic heterocycles. The second-order valence-corrected chi connectivity index (χ2v) is 4.82. The van der Waals surface area contributed by atoms with Gasteiger partial charge < -0.3 is 10.1 Å². The molecule has 0 aliphatic heterocycles. The number of rotatable bonds is 2. The molecule has 0 amide bonds. The van der Waals surface area contributed by atoms with E-state index in [2.05, 4.69) is 21.0 Å². The number of benzene rings is 1. The Morgan fingerprint density at radius 1 is 1.20 bits per heavy atom. The molecule has 2 N–H and O–H groups in total. The van der Waals surface area contributed by atoms with Crippen molar-refractivity contribution in [3.05, 3.63) is 47.2 Å². The van der Waals surface area contributed by atoms with Crippen LogP contribution in [-0.2, 0) is 0 Å². The maximum Gasteiger partial charge on any atom is 0.338 e. The number of aromatic amines is 1. The van der Waals surface area contributed by atoms with E-state index in [1.54, 1.807) is 0 Å². The van der Waals surface area contributed by atoms with Crippen molar-refractivity contribution in [2.24, 2.45) is 0 Å². The van der Waals surface area contributed by atoms with Gasteiger partial charge >= 0.3 is 5.97 Å². The molecule has 3 rings (SSSR count). The third-order valence-electron chi connectivity index (χ3n) is 3.12. The van der Waals surface area contributed by atoms with Gasteiger partial charge in [0.15, 0.2) is 5.65 Å². The first-order valence-electron chi connectivity index (χ1n) is 6.21. The second-order valence-electron chi connectivity index (χ2n) is 4.82. The van der Waals surface area contributed by atoms with Crippen molar-refractivity contribution in [3.63, 3.8) is 0 Å². The maximum atomic E-state index is 11.2. The highest BCUT2D eigenvalue weighted by Crippen LogP contribution is 2.23. The predicted octanol–water partition coefficient (Wildman–Crippen LogP) is 2.94. The van der Waals surface area contributed by atoms with E-state index in [0.29, 0.717) is 17.0 Å². The Kier molecular flexibility index (Phi) is 2.75. The van der Waals surface area contributed by atoms with Crippen LogP contribution in [0.25, 0.3) is 22.6 Å². The number of nitrogens with zero attached hydrogens (tertiary/aromatic N) is 2. The zero-order valence-electron chi connectivity index (χ0n) is 11.1. The Morgan fingerprint density at radius 3 is 2.55 bits per heavy atom. The van der Waals surface area contributed by atoms with Crippen LogP contribution in [0.5, 0.6) is 0 Å². The normalized spacial score (nSPS) is 10.9. The van der Waals surface area contributed by atoms with Crippen LogP contribution >= 0.6 is 0 Å². The Morgan fingerprint density at radius 2 is 1.90 bits per heavy atom. The van der Waals surface area contributed by atoms with E-state index in [1.807, 2.05) is 26.0 Å². The molecule has 0 aliphatic carbocycles. The molecule has 0 fully saturated rings. The Labute approximate surface area is 115 Å². The number of aryl methyl sites for hydroxylation is 2. The highest BCUT2D eigenvalue weighted by Gasteiger charge is 2.14. The van der Waals surface area contributed by atoms with Crippen LogP contribution in [0.1, 0.15) is 21.5 Å². The molecule has 5 heteroatoms. The summed E-state index contributed by atoms with van der Waals surface area (Å²) in [6.45, 7) is 4.03. The van der Waals surface area contributed by atoms with E-state index in [9.17, 15) is 9.90 Å². The van der Waals surface area contributed by atoms with Gasteiger partial charge in [0.2, 0.25) is 0 Å². The molecule has 0 spiro atoms. The first kappa shape index (κ1) is 12.3. The molecular weight excluding hydrogens is 254 g/mol. The summed E-state index contributed by atoms with van der Waals surface area (Å²) in [6.07, 6.45) is 1.46. The smallest absolute Gasteiger partial charge is 0.338 e. The number of hydrogen-bond acceptors (Lipinski definition) is 3. The number of hydrogen-bond donors (Lipinski definition) is 2. The minimum Gasteiger partial charge on any atom is -0.478 e. The average Bonchev–Trinajstić information content (AvgIpc) is 2.80. The van der Waals surface area contributed by atoms with Crippen LogP contribution in [0.15, 0.2) is 30.5 Å². The van der Waals surface area contributed by atoms with Crippen LogP contribution < -0.4 is 0 Å². The van der Waals surface area contributed by atoms with E-state index in [1.165, 1.54) is 12.3 Å². The summed E-state index contributed by atoms with van der Waals surface area (Å²) in [4.78, 5) is 22.7. The minimum absolute atomic E-state index is 0.179. The van der Waals surface area contributed by atoms with E-state index >= 15 is 0 Å². The van der Waals surface area contributed by atoms with Gasteiger partial charge in [0, 0.05) is 11.8 Å². The van der Waals surface area contributed by atoms with Crippen LogP contribution in [0.2, 0.25) is 0 Å². The molecule has 1 aromatic carbocycles. The van der Waals surface area contributed by atoms with Crippen molar-refractivity contribution < 1.29 is 9.90 Å². The first-order valence-corrected chi connectivity index (χ1v) is 6.21. The number of H-pyrrole nitrogens is 1. The van der Waals surface area contributed by atoms with Gasteiger partial charge in [0.1, 0.15) is 5.82 Å². The quantitative estimate of drug-likeness (QED) is 0.748. The number of nitrogens with one attached hydrogen (secondary N) is 1. The molecule has 3 aromatic rings. The van der Waals surface area contributed by atoms with Crippen LogP contribution in [-0.4, -0.2) is 26.0 Å². The first-order chi connectivity index (χ1) is 9.54. The van der Waals surface area contributed by atoms with Gasteiger partial charge in [-0.1, -0.05) is 17.2 Å². The highest BCUT2D eigenvalue weighted by atomic mass is 16.4. The molecule has 0 unspecified atom stereocenters. The predicted molar refractivity (Wildman–Crippen MR) is 75.8 cm³/mol. The molecule has 0 atom stereocenters. The molecule has 0 bridgehead atoms. The molecule has 100 valence electrons. The topological polar surface area (TPSA) is 78.9 Å². The van der Waals surface area contributed by atoms with Gasteiger partial charge in [-0.05, 0) is 32.0 Å². The molecule has 0 aliphatic rings. The number of aromatic carboxylic acids is 1. The molecule has 2 heterocycles. The number of aromatic nitrogens is 3. The number of pyridine rings is 1. The summed E-state index contributed by atoms with van der Waals surface area (Å²) < 4.78 is 0. The number of fused-ring (bicyclic) bond motifs is 1. The summed E-state index contributed by atoms with van der Waals surface area (Å²) in [5, 5.41) is 9.18. The van der Waals surface area contributed by atoms with E-state index in [4.69, 9.17) is 0 Å². The SMILES string of the molecule is Cc1cc(C)cc(-c2nc3nccc(C(=O)O)c3[nH]2)c1. The maximum absolute atomic E-state index is 11.2. The molecule has 20 heavy (non-hydrogen) atoms. The molecule has 0 saturated carbocycles. The lowest BCUT2D eigenvalue weighted by Gasteiger charge is -2.01. The number of carboxylic acid groups (broad SMARTS) is 1. The minimum atomic E-state index is -0.993. The van der Waals surface area contributed by atoms with Gasteiger partial charge in [-0.25, -0.2) is 14.8 Å². The van der Waals surface area contributed by atoms with Gasteiger partial charge in [-0.15, -0.1) is 0 Å².